The summed E-state index contributed by atoms with van der Waals surface area (Å²) in [5.41, 5.74) is 1.82. The fourth-order valence-corrected chi connectivity index (χ4v) is 2.01. The van der Waals surface area contributed by atoms with E-state index in [1.807, 2.05) is 0 Å². The van der Waals surface area contributed by atoms with E-state index in [2.05, 4.69) is 15.4 Å². The third-order valence-corrected chi connectivity index (χ3v) is 2.89. The Morgan fingerprint density at radius 3 is 3.00 bits per heavy atom. The van der Waals surface area contributed by atoms with Gasteiger partial charge >= 0.3 is 6.09 Å². The Bertz CT molecular complexity index is 606. The first-order valence-electron chi connectivity index (χ1n) is 5.19. The van der Waals surface area contributed by atoms with Crippen molar-refractivity contribution in [3.8, 4) is 0 Å². The summed E-state index contributed by atoms with van der Waals surface area (Å²) in [6.07, 6.45) is 2.81. The molecule has 2 aromatic heterocycles. The second kappa shape index (κ2) is 3.59. The van der Waals surface area contributed by atoms with Crippen molar-refractivity contribution in [2.45, 2.75) is 18.8 Å². The van der Waals surface area contributed by atoms with Gasteiger partial charge in [0.1, 0.15) is 0 Å². The zero-order chi connectivity index (χ0) is 12.0. The number of imidazole rings is 1. The van der Waals surface area contributed by atoms with Crippen LogP contribution in [0.4, 0.5) is 10.5 Å². The number of fused-ring (bicyclic) bond motifs is 1. The molecule has 2 heterocycles. The minimum absolute atomic E-state index is 0.237. The summed E-state index contributed by atoms with van der Waals surface area (Å²) < 4.78 is 1.62. The summed E-state index contributed by atoms with van der Waals surface area (Å²) in [5.74, 6) is 0.466. The van der Waals surface area contributed by atoms with E-state index in [1.165, 1.54) is 6.07 Å². The number of carboxylic acid groups (broad SMARTS) is 1. The lowest BCUT2D eigenvalue weighted by atomic mass is 10.3. The minimum atomic E-state index is -1.15. The number of halogens is 1. The van der Waals surface area contributed by atoms with Crippen molar-refractivity contribution in [2.75, 3.05) is 5.32 Å². The van der Waals surface area contributed by atoms with E-state index in [1.54, 1.807) is 10.7 Å². The van der Waals surface area contributed by atoms with E-state index >= 15 is 0 Å². The third-order valence-electron chi connectivity index (χ3n) is 2.70. The molecule has 3 rings (SSSR count). The molecule has 0 spiro atoms. The number of nitrogens with one attached hydrogen (secondary N) is 1. The van der Waals surface area contributed by atoms with Gasteiger partial charge in [0, 0.05) is 12.0 Å². The lowest BCUT2D eigenvalue weighted by molar-refractivity contribution is 0.210. The monoisotopic (exact) mass is 252 g/mol. The first-order valence-corrected chi connectivity index (χ1v) is 5.57. The fourth-order valence-electron chi connectivity index (χ4n) is 1.82. The third kappa shape index (κ3) is 1.80. The summed E-state index contributed by atoms with van der Waals surface area (Å²) in [6, 6.07) is 1.45. The quantitative estimate of drug-likeness (QED) is 0.860. The highest BCUT2D eigenvalue weighted by Gasteiger charge is 2.28. The molecule has 2 aromatic rings. The van der Waals surface area contributed by atoms with Crippen LogP contribution in [0.15, 0.2) is 12.3 Å². The van der Waals surface area contributed by atoms with Crippen LogP contribution in [0.5, 0.6) is 0 Å². The zero-order valence-corrected chi connectivity index (χ0v) is 9.48. The van der Waals surface area contributed by atoms with Gasteiger partial charge in [0.2, 0.25) is 0 Å². The second-order valence-corrected chi connectivity index (χ2v) is 4.39. The number of hydrogen-bond donors (Lipinski definition) is 2. The van der Waals surface area contributed by atoms with Gasteiger partial charge in [0.25, 0.3) is 0 Å². The van der Waals surface area contributed by atoms with Crippen LogP contribution < -0.4 is 5.32 Å². The van der Waals surface area contributed by atoms with Gasteiger partial charge in [-0.15, -0.1) is 0 Å². The van der Waals surface area contributed by atoms with E-state index in [4.69, 9.17) is 16.7 Å². The topological polar surface area (TPSA) is 79.5 Å². The first-order chi connectivity index (χ1) is 8.15. The molecule has 0 saturated heterocycles. The molecule has 6 nitrogen and oxygen atoms in total. The molecule has 17 heavy (non-hydrogen) atoms. The molecule has 0 aliphatic heterocycles. The lowest BCUT2D eigenvalue weighted by Crippen LogP contribution is -2.10. The molecule has 0 bridgehead atoms. The summed E-state index contributed by atoms with van der Waals surface area (Å²) in [6.45, 7) is 0. The van der Waals surface area contributed by atoms with Crippen LogP contribution in [0.1, 0.15) is 24.5 Å². The normalized spacial score (nSPS) is 15.1. The minimum Gasteiger partial charge on any atom is -0.465 e. The molecule has 1 aliphatic carbocycles. The summed E-state index contributed by atoms with van der Waals surface area (Å²) in [7, 11) is 0. The van der Waals surface area contributed by atoms with Crippen LogP contribution in [-0.2, 0) is 0 Å². The van der Waals surface area contributed by atoms with Crippen molar-refractivity contribution in [3.63, 3.8) is 0 Å². The van der Waals surface area contributed by atoms with Crippen molar-refractivity contribution in [3.05, 3.63) is 23.1 Å². The predicted octanol–water partition coefficient (Wildman–Crippen LogP) is 2.35. The maximum atomic E-state index is 10.7. The van der Waals surface area contributed by atoms with Crippen LogP contribution in [-0.4, -0.2) is 25.8 Å². The predicted molar refractivity (Wildman–Crippen MR) is 61.6 cm³/mol. The van der Waals surface area contributed by atoms with Gasteiger partial charge in [-0.3, -0.25) is 5.32 Å². The molecule has 1 aliphatic rings. The smallest absolute Gasteiger partial charge is 0.409 e. The molecule has 0 radical (unpaired) electrons. The maximum Gasteiger partial charge on any atom is 0.409 e. The number of amides is 1. The van der Waals surface area contributed by atoms with Crippen molar-refractivity contribution >= 4 is 29.0 Å². The molecule has 0 aromatic carbocycles. The van der Waals surface area contributed by atoms with Gasteiger partial charge in [-0.05, 0) is 12.8 Å². The van der Waals surface area contributed by atoms with Crippen LogP contribution in [0.3, 0.4) is 0 Å². The van der Waals surface area contributed by atoms with Gasteiger partial charge in [0.15, 0.2) is 10.8 Å². The van der Waals surface area contributed by atoms with Crippen molar-refractivity contribution in [1.29, 1.82) is 0 Å². The van der Waals surface area contributed by atoms with E-state index in [0.717, 1.165) is 18.5 Å². The van der Waals surface area contributed by atoms with E-state index in [-0.39, 0.29) is 5.15 Å². The molecule has 0 atom stereocenters. The average Bonchev–Trinajstić information content (AvgIpc) is 2.98. The number of hydrogen-bond acceptors (Lipinski definition) is 3. The van der Waals surface area contributed by atoms with E-state index < -0.39 is 6.09 Å². The molecule has 7 heteroatoms. The van der Waals surface area contributed by atoms with Crippen LogP contribution in [0.2, 0.25) is 5.15 Å². The Balaban J connectivity index is 2.18. The maximum absolute atomic E-state index is 10.7. The molecule has 0 unspecified atom stereocenters. The molecular formula is C10H9ClN4O2. The van der Waals surface area contributed by atoms with Crippen molar-refractivity contribution in [2.24, 2.45) is 0 Å². The molecule has 2 N–H and O–H groups in total. The Kier molecular flexibility index (Phi) is 2.19. The van der Waals surface area contributed by atoms with Gasteiger partial charge in [-0.1, -0.05) is 11.6 Å². The number of rotatable bonds is 2. The summed E-state index contributed by atoms with van der Waals surface area (Å²) in [4.78, 5) is 14.9. The van der Waals surface area contributed by atoms with Gasteiger partial charge < -0.3 is 5.11 Å². The first kappa shape index (κ1) is 10.3. The second-order valence-electron chi connectivity index (χ2n) is 4.00. The Hall–Kier alpha value is -1.82. The van der Waals surface area contributed by atoms with Gasteiger partial charge in [-0.25, -0.2) is 14.3 Å². The number of carbonyl (C=O) groups is 1. The van der Waals surface area contributed by atoms with E-state index in [9.17, 15) is 4.79 Å². The zero-order valence-electron chi connectivity index (χ0n) is 8.72. The molecule has 88 valence electrons. The molecular weight excluding hydrogens is 244 g/mol. The van der Waals surface area contributed by atoms with Gasteiger partial charge in [0.05, 0.1) is 17.6 Å². The van der Waals surface area contributed by atoms with Crippen LogP contribution >= 0.6 is 11.6 Å². The average molecular weight is 253 g/mol. The number of nitrogens with zero attached hydrogens (tertiary/aromatic N) is 3. The largest absolute Gasteiger partial charge is 0.465 e. The fraction of sp³-hybridized carbons (Fsp3) is 0.300. The highest BCUT2D eigenvalue weighted by atomic mass is 35.5. The highest BCUT2D eigenvalue weighted by Crippen LogP contribution is 2.40. The molecule has 1 saturated carbocycles. The Labute approximate surface area is 101 Å². The van der Waals surface area contributed by atoms with Gasteiger partial charge in [-0.2, -0.15) is 5.10 Å². The van der Waals surface area contributed by atoms with Crippen LogP contribution in [0.25, 0.3) is 5.65 Å². The van der Waals surface area contributed by atoms with Crippen molar-refractivity contribution < 1.29 is 9.90 Å². The number of anilines is 1. The Morgan fingerprint density at radius 2 is 2.35 bits per heavy atom. The van der Waals surface area contributed by atoms with Crippen LogP contribution in [0, 0.1) is 0 Å². The Morgan fingerprint density at radius 1 is 1.59 bits per heavy atom. The SMILES string of the molecule is O=C(O)Nc1cc(Cl)nn2c(C3CC3)cnc12. The summed E-state index contributed by atoms with van der Waals surface area (Å²) in [5, 5.41) is 15.4. The molecule has 1 fully saturated rings. The van der Waals surface area contributed by atoms with E-state index in [0.29, 0.717) is 17.3 Å². The highest BCUT2D eigenvalue weighted by molar-refractivity contribution is 6.29. The molecule has 1 amide bonds. The lowest BCUT2D eigenvalue weighted by Gasteiger charge is -2.04. The van der Waals surface area contributed by atoms with Crippen molar-refractivity contribution in [1.82, 2.24) is 14.6 Å². The number of aromatic nitrogens is 3. The summed E-state index contributed by atoms with van der Waals surface area (Å²) >= 11 is 5.87. The standard InChI is InChI=1S/C10H9ClN4O2/c11-8-3-6(13-10(16)17)9-12-4-7(5-1-2-5)15(9)14-8/h3-5,13H,1-2H2,(H,16,17).